The van der Waals surface area contributed by atoms with Crippen molar-refractivity contribution in [3.8, 4) is 0 Å². The molecule has 0 unspecified atom stereocenters. The van der Waals surface area contributed by atoms with E-state index in [4.69, 9.17) is 4.74 Å². The van der Waals surface area contributed by atoms with Crippen molar-refractivity contribution in [2.45, 2.75) is 17.2 Å². The third-order valence-corrected chi connectivity index (χ3v) is 8.49. The van der Waals surface area contributed by atoms with Gasteiger partial charge in [0.25, 0.3) is 10.0 Å². The minimum atomic E-state index is -3.43. The highest BCUT2D eigenvalue weighted by Gasteiger charge is 2.27. The van der Waals surface area contributed by atoms with Gasteiger partial charge in [0, 0.05) is 36.4 Å². The maximum absolute atomic E-state index is 12.7. The molecule has 0 radical (unpaired) electrons. The van der Waals surface area contributed by atoms with Gasteiger partial charge in [-0.1, -0.05) is 6.07 Å². The van der Waals surface area contributed by atoms with Crippen molar-refractivity contribution < 1.29 is 13.2 Å². The summed E-state index contributed by atoms with van der Waals surface area (Å²) < 4.78 is 32.5. The number of nitrogens with zero attached hydrogens (tertiary/aromatic N) is 2. The summed E-state index contributed by atoms with van der Waals surface area (Å²) in [5, 5.41) is 8.58. The minimum absolute atomic E-state index is 0.377. The van der Waals surface area contributed by atoms with Gasteiger partial charge in [-0.25, -0.2) is 8.42 Å². The second kappa shape index (κ2) is 9.65. The first-order chi connectivity index (χ1) is 13.1. The number of sulfonamides is 1. The molecule has 1 aliphatic rings. The number of hydrogen-bond acceptors (Lipinski definition) is 6. The minimum Gasteiger partial charge on any atom is -0.379 e. The van der Waals surface area contributed by atoms with Crippen LogP contribution in [-0.4, -0.2) is 58.6 Å². The molecule has 2 aromatic heterocycles. The van der Waals surface area contributed by atoms with Crippen LogP contribution in [0.3, 0.4) is 0 Å². The van der Waals surface area contributed by atoms with Crippen LogP contribution in [0.15, 0.2) is 38.8 Å². The van der Waals surface area contributed by atoms with Crippen molar-refractivity contribution in [3.63, 3.8) is 0 Å². The SMILES string of the molecule is CN=C(NCCc1cccs1)NCc1ccc(S(=O)(=O)N2CCOCC2)s1. The Morgan fingerprint density at radius 1 is 1.22 bits per heavy atom. The molecule has 3 heterocycles. The van der Waals surface area contributed by atoms with Crippen LogP contribution >= 0.6 is 22.7 Å². The van der Waals surface area contributed by atoms with E-state index in [9.17, 15) is 8.42 Å². The molecule has 0 atom stereocenters. The first-order valence-electron chi connectivity index (χ1n) is 8.73. The Kier molecular flexibility index (Phi) is 7.25. The monoisotopic (exact) mass is 428 g/mol. The first-order valence-corrected chi connectivity index (χ1v) is 11.9. The zero-order valence-corrected chi connectivity index (χ0v) is 17.6. The van der Waals surface area contributed by atoms with E-state index in [-0.39, 0.29) is 0 Å². The highest BCUT2D eigenvalue weighted by atomic mass is 32.2. The Morgan fingerprint density at radius 2 is 2.04 bits per heavy atom. The van der Waals surface area contributed by atoms with Crippen LogP contribution in [0.2, 0.25) is 0 Å². The lowest BCUT2D eigenvalue weighted by Gasteiger charge is -2.25. The van der Waals surface area contributed by atoms with Crippen molar-refractivity contribution in [3.05, 3.63) is 39.4 Å². The van der Waals surface area contributed by atoms with Crippen molar-refractivity contribution in [1.29, 1.82) is 0 Å². The highest BCUT2D eigenvalue weighted by molar-refractivity contribution is 7.91. The molecule has 0 saturated carbocycles. The number of aliphatic imine (C=N–C) groups is 1. The summed E-state index contributed by atoms with van der Waals surface area (Å²) in [5.74, 6) is 0.706. The average Bonchev–Trinajstić information content (AvgIpc) is 3.37. The molecule has 2 aromatic rings. The van der Waals surface area contributed by atoms with Crippen LogP contribution in [0.1, 0.15) is 9.75 Å². The molecule has 0 aromatic carbocycles. The quantitative estimate of drug-likeness (QED) is 0.518. The van der Waals surface area contributed by atoms with Gasteiger partial charge in [0.1, 0.15) is 4.21 Å². The second-order valence-corrected chi connectivity index (χ2v) is 10.3. The Labute approximate surface area is 168 Å². The van der Waals surface area contributed by atoms with Gasteiger partial charge in [0.2, 0.25) is 0 Å². The van der Waals surface area contributed by atoms with E-state index in [0.29, 0.717) is 43.0 Å². The van der Waals surface area contributed by atoms with E-state index in [1.165, 1.54) is 20.5 Å². The summed E-state index contributed by atoms with van der Waals surface area (Å²) in [7, 11) is -1.70. The molecule has 0 aliphatic carbocycles. The zero-order valence-electron chi connectivity index (χ0n) is 15.2. The Bertz CT molecular complexity index is 841. The third-order valence-electron chi connectivity index (χ3n) is 4.10. The summed E-state index contributed by atoms with van der Waals surface area (Å²) in [6.45, 7) is 3.05. The summed E-state index contributed by atoms with van der Waals surface area (Å²) in [6.07, 6.45) is 0.944. The van der Waals surface area contributed by atoms with Crippen molar-refractivity contribution in [1.82, 2.24) is 14.9 Å². The van der Waals surface area contributed by atoms with Crippen LogP contribution in [0.25, 0.3) is 0 Å². The van der Waals surface area contributed by atoms with Gasteiger partial charge in [0.05, 0.1) is 19.8 Å². The molecule has 0 amide bonds. The number of nitrogens with one attached hydrogen (secondary N) is 2. The van der Waals surface area contributed by atoms with Gasteiger partial charge in [0.15, 0.2) is 5.96 Å². The molecular formula is C17H24N4O3S3. The van der Waals surface area contributed by atoms with Gasteiger partial charge in [-0.15, -0.1) is 22.7 Å². The van der Waals surface area contributed by atoms with Crippen LogP contribution in [0, 0.1) is 0 Å². The summed E-state index contributed by atoms with van der Waals surface area (Å²) in [4.78, 5) is 6.49. The van der Waals surface area contributed by atoms with Crippen molar-refractivity contribution >= 4 is 38.7 Å². The number of rotatable bonds is 7. The summed E-state index contributed by atoms with van der Waals surface area (Å²) in [6, 6.07) is 7.69. The number of morpholine rings is 1. The lowest BCUT2D eigenvalue weighted by atomic mass is 10.3. The Balaban J connectivity index is 1.50. The van der Waals surface area contributed by atoms with Gasteiger partial charge in [-0.05, 0) is 30.0 Å². The normalized spacial score (nSPS) is 16.4. The summed E-state index contributed by atoms with van der Waals surface area (Å²) in [5.41, 5.74) is 0. The molecule has 1 aliphatic heterocycles. The molecule has 1 saturated heterocycles. The van der Waals surface area contributed by atoms with Crippen LogP contribution in [-0.2, 0) is 27.7 Å². The maximum Gasteiger partial charge on any atom is 0.252 e. The van der Waals surface area contributed by atoms with Gasteiger partial charge in [-0.3, -0.25) is 4.99 Å². The van der Waals surface area contributed by atoms with E-state index in [0.717, 1.165) is 17.8 Å². The third kappa shape index (κ3) is 5.52. The van der Waals surface area contributed by atoms with E-state index in [1.807, 2.05) is 12.1 Å². The molecule has 148 valence electrons. The highest BCUT2D eigenvalue weighted by Crippen LogP contribution is 2.25. The standard InChI is InChI=1S/C17H24N4O3S3/c1-18-17(19-7-6-14-3-2-12-25-14)20-13-15-4-5-16(26-15)27(22,23)21-8-10-24-11-9-21/h2-5,12H,6-11,13H2,1H3,(H2,18,19,20). The largest absolute Gasteiger partial charge is 0.379 e. The molecule has 0 spiro atoms. The smallest absolute Gasteiger partial charge is 0.252 e. The molecule has 7 nitrogen and oxygen atoms in total. The Morgan fingerprint density at radius 3 is 2.74 bits per heavy atom. The molecule has 2 N–H and O–H groups in total. The van der Waals surface area contributed by atoms with Gasteiger partial charge in [-0.2, -0.15) is 4.31 Å². The zero-order chi connectivity index (χ0) is 19.1. The van der Waals surface area contributed by atoms with Crippen molar-refractivity contribution in [2.24, 2.45) is 4.99 Å². The summed E-state index contributed by atoms with van der Waals surface area (Å²) >= 11 is 3.04. The van der Waals surface area contributed by atoms with Crippen LogP contribution in [0.5, 0.6) is 0 Å². The fourth-order valence-corrected chi connectivity index (χ4v) is 6.22. The Hall–Kier alpha value is -1.46. The number of ether oxygens (including phenoxy) is 1. The number of guanidine groups is 1. The lowest BCUT2D eigenvalue weighted by Crippen LogP contribution is -2.40. The first kappa shape index (κ1) is 20.3. The fourth-order valence-electron chi connectivity index (χ4n) is 2.66. The van der Waals surface area contributed by atoms with Crippen LogP contribution in [0.4, 0.5) is 0 Å². The average molecular weight is 429 g/mol. The molecule has 10 heteroatoms. The van der Waals surface area contributed by atoms with E-state index < -0.39 is 10.0 Å². The van der Waals surface area contributed by atoms with Gasteiger partial charge < -0.3 is 15.4 Å². The molecule has 27 heavy (non-hydrogen) atoms. The lowest BCUT2D eigenvalue weighted by molar-refractivity contribution is 0.0731. The van der Waals surface area contributed by atoms with E-state index in [1.54, 1.807) is 24.5 Å². The van der Waals surface area contributed by atoms with Crippen molar-refractivity contribution in [2.75, 3.05) is 39.9 Å². The number of thiophene rings is 2. The second-order valence-electron chi connectivity index (χ2n) is 5.92. The number of hydrogen-bond donors (Lipinski definition) is 2. The molecular weight excluding hydrogens is 404 g/mol. The molecule has 1 fully saturated rings. The van der Waals surface area contributed by atoms with Crippen LogP contribution < -0.4 is 10.6 Å². The predicted molar refractivity (Wildman–Crippen MR) is 110 cm³/mol. The molecule has 0 bridgehead atoms. The fraction of sp³-hybridized carbons (Fsp3) is 0.471. The van der Waals surface area contributed by atoms with Gasteiger partial charge >= 0.3 is 0 Å². The maximum atomic E-state index is 12.7. The van der Waals surface area contributed by atoms with E-state index in [2.05, 4.69) is 27.1 Å². The van der Waals surface area contributed by atoms with E-state index >= 15 is 0 Å². The topological polar surface area (TPSA) is 83.0 Å². The molecule has 3 rings (SSSR count). The predicted octanol–water partition coefficient (Wildman–Crippen LogP) is 1.74.